The predicted octanol–water partition coefficient (Wildman–Crippen LogP) is 3.93. The van der Waals surface area contributed by atoms with Gasteiger partial charge in [0.15, 0.2) is 5.96 Å². The van der Waals surface area contributed by atoms with Gasteiger partial charge in [-0.1, -0.05) is 41.0 Å². The summed E-state index contributed by atoms with van der Waals surface area (Å²) in [5.41, 5.74) is 0.308. The highest BCUT2D eigenvalue weighted by atomic mass is 16.7. The van der Waals surface area contributed by atoms with Crippen LogP contribution in [0.3, 0.4) is 0 Å². The maximum absolute atomic E-state index is 14.4. The Morgan fingerprint density at radius 1 is 0.983 bits per heavy atom. The topological polar surface area (TPSA) is 142 Å². The van der Waals surface area contributed by atoms with Crippen molar-refractivity contribution in [1.82, 2.24) is 30.4 Å². The first kappa shape index (κ1) is 47.0. The van der Waals surface area contributed by atoms with E-state index in [1.165, 1.54) is 6.42 Å². The van der Waals surface area contributed by atoms with E-state index in [4.69, 9.17) is 14.6 Å². The number of hydrogen-bond acceptors (Lipinski definition) is 9. The number of carbonyl (C=O) groups excluding carboxylic acids is 2. The molecule has 5 aliphatic carbocycles. The van der Waals surface area contributed by atoms with Crippen LogP contribution in [0.5, 0.6) is 0 Å². The number of carbonyl (C=O) groups is 2. The number of aliphatic imine (C=N–C) groups is 1. The molecule has 2 bridgehead atoms. The highest BCUT2D eigenvalue weighted by Gasteiger charge is 2.58. The molecule has 5 saturated carbocycles. The molecule has 6 unspecified atom stereocenters. The molecule has 1 saturated heterocycles. The summed E-state index contributed by atoms with van der Waals surface area (Å²) in [5.74, 6) is 2.81. The molecule has 4 N–H and O–H groups in total. The summed E-state index contributed by atoms with van der Waals surface area (Å²) in [5, 5.41) is 30.2. The summed E-state index contributed by atoms with van der Waals surface area (Å²) >= 11 is 0. The van der Waals surface area contributed by atoms with Crippen molar-refractivity contribution in [3.8, 4) is 0 Å². The van der Waals surface area contributed by atoms with Crippen LogP contribution >= 0.6 is 0 Å². The summed E-state index contributed by atoms with van der Waals surface area (Å²) in [6.45, 7) is 13.8. The van der Waals surface area contributed by atoms with E-state index in [2.05, 4.69) is 64.2 Å². The average molecular weight is 818 g/mol. The van der Waals surface area contributed by atoms with Crippen LogP contribution in [0.25, 0.3) is 0 Å². The van der Waals surface area contributed by atoms with Gasteiger partial charge in [0.05, 0.1) is 25.4 Å². The van der Waals surface area contributed by atoms with Crippen molar-refractivity contribution >= 4 is 17.8 Å². The average Bonchev–Trinajstić information content (AvgIpc) is 3.53. The zero-order chi connectivity index (χ0) is 42.8. The zero-order valence-corrected chi connectivity index (χ0v) is 38.5. The van der Waals surface area contributed by atoms with Crippen molar-refractivity contribution < 1.29 is 29.4 Å². The third-order valence-electron chi connectivity index (χ3n) is 15.5. The van der Waals surface area contributed by atoms with Crippen LogP contribution in [0, 0.1) is 58.7 Å². The number of amides is 2. The molecule has 1 heterocycles. The Labute approximate surface area is 351 Å². The lowest BCUT2D eigenvalue weighted by molar-refractivity contribution is -0.193. The molecule has 0 spiro atoms. The molecule has 6 rings (SSSR count). The fourth-order valence-electron chi connectivity index (χ4n) is 12.4. The molecule has 334 valence electrons. The number of hydroxylamine groups is 2. The fraction of sp³-hybridized carbons (Fsp3) is 0.933. The minimum absolute atomic E-state index is 0.0518. The van der Waals surface area contributed by atoms with E-state index in [0.29, 0.717) is 42.2 Å². The number of aliphatic hydroxyl groups excluding tert-OH is 2. The van der Waals surface area contributed by atoms with E-state index in [1.54, 1.807) is 19.1 Å². The molecule has 13 nitrogen and oxygen atoms in total. The quantitative estimate of drug-likeness (QED) is 0.142. The van der Waals surface area contributed by atoms with E-state index in [0.717, 1.165) is 57.3 Å². The van der Waals surface area contributed by atoms with Gasteiger partial charge >= 0.3 is 0 Å². The van der Waals surface area contributed by atoms with E-state index >= 15 is 0 Å². The van der Waals surface area contributed by atoms with Crippen molar-refractivity contribution in [3.63, 3.8) is 0 Å². The smallest absolute Gasteiger partial charge is 0.240 e. The van der Waals surface area contributed by atoms with Gasteiger partial charge in [0.1, 0.15) is 12.1 Å². The zero-order valence-electron chi connectivity index (χ0n) is 38.5. The number of hydrogen-bond donors (Lipinski definition) is 4. The largest absolute Gasteiger partial charge is 0.394 e. The normalized spacial score (nSPS) is 37.2. The number of guanidine groups is 1. The fourth-order valence-corrected chi connectivity index (χ4v) is 12.4. The van der Waals surface area contributed by atoms with Crippen LogP contribution in [0.15, 0.2) is 4.99 Å². The Bertz CT molecular complexity index is 1380. The van der Waals surface area contributed by atoms with Crippen LogP contribution in [0.2, 0.25) is 0 Å². The maximum atomic E-state index is 14.4. The van der Waals surface area contributed by atoms with Gasteiger partial charge in [-0.2, -0.15) is 5.06 Å². The van der Waals surface area contributed by atoms with Crippen molar-refractivity contribution in [2.45, 2.75) is 142 Å². The molecule has 0 aromatic heterocycles. The van der Waals surface area contributed by atoms with Gasteiger partial charge in [-0.25, -0.2) is 0 Å². The minimum Gasteiger partial charge on any atom is -0.394 e. The van der Waals surface area contributed by atoms with Crippen LogP contribution in [-0.4, -0.2) is 159 Å². The van der Waals surface area contributed by atoms with Crippen LogP contribution in [0.1, 0.15) is 99.3 Å². The molecular weight excluding hydrogens is 735 g/mol. The van der Waals surface area contributed by atoms with Crippen molar-refractivity contribution in [2.75, 3.05) is 69.1 Å². The van der Waals surface area contributed by atoms with Gasteiger partial charge in [-0.05, 0) is 113 Å². The van der Waals surface area contributed by atoms with Crippen LogP contribution in [0.4, 0.5) is 0 Å². The lowest BCUT2D eigenvalue weighted by atomic mass is 9.45. The molecule has 1 aliphatic heterocycles. The molecule has 2 amide bonds. The molecule has 6 aliphatic rings. The summed E-state index contributed by atoms with van der Waals surface area (Å²) in [7, 11) is 14.0. The van der Waals surface area contributed by atoms with Gasteiger partial charge in [0.2, 0.25) is 11.8 Å². The summed E-state index contributed by atoms with van der Waals surface area (Å²) in [4.78, 5) is 46.3. The van der Waals surface area contributed by atoms with E-state index in [-0.39, 0.29) is 66.3 Å². The Morgan fingerprint density at radius 3 is 2.22 bits per heavy atom. The summed E-state index contributed by atoms with van der Waals surface area (Å²) < 4.78 is 6.45. The molecule has 13 heteroatoms. The Hall–Kier alpha value is -2.03. The molecule has 15 atom stereocenters. The monoisotopic (exact) mass is 818 g/mol. The van der Waals surface area contributed by atoms with Crippen molar-refractivity contribution in [2.24, 2.45) is 63.7 Å². The van der Waals surface area contributed by atoms with Gasteiger partial charge < -0.3 is 40.3 Å². The Morgan fingerprint density at radius 2 is 1.67 bits per heavy atom. The highest BCUT2D eigenvalue weighted by molar-refractivity contribution is 5.83. The molecule has 6 fully saturated rings. The number of methoxy groups -OCH3 is 1. The van der Waals surface area contributed by atoms with E-state index in [1.807, 2.05) is 38.0 Å². The van der Waals surface area contributed by atoms with Crippen molar-refractivity contribution in [1.29, 1.82) is 0 Å². The number of nitrogens with zero attached hydrogens (tertiary/aromatic N) is 5. The number of rotatable bonds is 15. The number of nitrogens with one attached hydrogen (secondary N) is 2. The standard InChI is InChI=1S/C45H83N7O6/c1-26(2)17-33(23-46-44(50(9)10)51(11)12)47-42(55)31-18-30(19-34(20-31)49(7)8)35-16-14-15-29(41(35)57-13)24-52-40(39(28(4)54)38(25-53)58-52)43(56)48-37-22-32-21-36(27(37)3)45(32,5)6/h26-41,53-54H,14-25H2,1-13H3,(H,47,55)(H,48,56)/t27-,28-,29?,30?,31?,32+,33+,34?,35?,36-,37-,38-,39-,40-,41?/m0/s1. The van der Waals surface area contributed by atoms with Crippen LogP contribution in [-0.2, 0) is 19.2 Å². The molecular formula is C45H83N7O6. The van der Waals surface area contributed by atoms with Crippen LogP contribution < -0.4 is 10.6 Å². The first-order chi connectivity index (χ1) is 27.3. The Kier molecular flexibility index (Phi) is 16.0. The number of ether oxygens (including phenoxy) is 1. The second-order valence-corrected chi connectivity index (χ2v) is 20.9. The number of fused-ring (bicyclic) bond motifs is 2. The first-order valence-electron chi connectivity index (χ1n) is 22.7. The second-order valence-electron chi connectivity index (χ2n) is 20.9. The Balaban J connectivity index is 1.31. The van der Waals surface area contributed by atoms with Gasteiger partial charge in [-0.15, -0.1) is 0 Å². The maximum Gasteiger partial charge on any atom is 0.240 e. The molecule has 58 heavy (non-hydrogen) atoms. The third-order valence-corrected chi connectivity index (χ3v) is 15.5. The van der Waals surface area contributed by atoms with Gasteiger partial charge in [0, 0.05) is 77.7 Å². The minimum atomic E-state index is -0.838. The van der Waals surface area contributed by atoms with Gasteiger partial charge in [-0.3, -0.25) is 19.4 Å². The predicted molar refractivity (Wildman–Crippen MR) is 230 cm³/mol. The van der Waals surface area contributed by atoms with E-state index < -0.39 is 24.2 Å². The first-order valence-corrected chi connectivity index (χ1v) is 22.7. The SMILES string of the molecule is COC1C(CN2O[C@@H](CO)[C@H]([C@H](C)O)[C@H]2C(=O)N[C@H]2C[C@H]3C[C@@H]([C@@H]2C)C3(C)C)CCCC1C1CC(C(=O)N[C@@H](CN=C(N(C)C)N(C)C)CC(C)C)CC(N(C)C)C1. The molecule has 0 aromatic carbocycles. The molecule has 0 aromatic rings. The summed E-state index contributed by atoms with van der Waals surface area (Å²) in [6.07, 6.45) is 7.07. The van der Waals surface area contributed by atoms with E-state index in [9.17, 15) is 19.8 Å². The highest BCUT2D eigenvalue weighted by Crippen LogP contribution is 2.61. The molecule has 0 radical (unpaired) electrons. The second kappa shape index (κ2) is 19.8. The van der Waals surface area contributed by atoms with Crippen molar-refractivity contribution in [3.05, 3.63) is 0 Å². The number of aliphatic hydroxyl groups is 2. The summed E-state index contributed by atoms with van der Waals surface area (Å²) in [6, 6.07) is -0.412. The lowest BCUT2D eigenvalue weighted by Crippen LogP contribution is -2.62. The third kappa shape index (κ3) is 10.3. The lowest BCUT2D eigenvalue weighted by Gasteiger charge is -2.62. The van der Waals surface area contributed by atoms with Gasteiger partial charge in [0.25, 0.3) is 0 Å².